The van der Waals surface area contributed by atoms with Crippen molar-refractivity contribution in [3.05, 3.63) is 29.8 Å². The summed E-state index contributed by atoms with van der Waals surface area (Å²) in [4.78, 5) is 0. The van der Waals surface area contributed by atoms with Crippen molar-refractivity contribution in [2.45, 2.75) is 12.8 Å². The Labute approximate surface area is 76.1 Å². The van der Waals surface area contributed by atoms with Crippen molar-refractivity contribution in [2.24, 2.45) is 0 Å². The van der Waals surface area contributed by atoms with E-state index in [-0.39, 0.29) is 0 Å². The normalized spacial score (nSPS) is 11.9. The molecule has 0 aliphatic carbocycles. The average Bonchev–Trinajstić information content (AvgIpc) is 2.02. The van der Waals surface area contributed by atoms with Crippen LogP contribution in [0.1, 0.15) is 5.56 Å². The molecule has 0 saturated carbocycles. The lowest BCUT2D eigenvalue weighted by Gasteiger charge is -2.07. The zero-order valence-corrected chi connectivity index (χ0v) is 6.61. The fourth-order valence-electron chi connectivity index (χ4n) is 0.756. The quantitative estimate of drug-likeness (QED) is 0.683. The van der Waals surface area contributed by atoms with E-state index in [1.807, 2.05) is 6.07 Å². The summed E-state index contributed by atoms with van der Waals surface area (Å²) in [5.41, 5.74) is -0.959. The van der Waals surface area contributed by atoms with Crippen molar-refractivity contribution in [1.82, 2.24) is 0 Å². The van der Waals surface area contributed by atoms with Crippen molar-refractivity contribution >= 4 is 0 Å². The van der Waals surface area contributed by atoms with Gasteiger partial charge in [-0.05, 0) is 18.2 Å². The minimum atomic E-state index is -4.50. The Balaban J connectivity index is 2.79. The molecule has 0 N–H and O–H groups in total. The summed E-state index contributed by atoms with van der Waals surface area (Å²) in [5, 5.41) is 0. The fraction of sp³-hybridized carbons (Fsp3) is 0.250. The van der Waals surface area contributed by atoms with E-state index in [0.717, 1.165) is 6.07 Å². The molecule has 1 aromatic carbocycles. The van der Waals surface area contributed by atoms with E-state index >= 15 is 0 Å². The lowest BCUT2D eigenvalue weighted by molar-refractivity contribution is -0.137. The summed E-state index contributed by atoms with van der Waals surface area (Å²) in [7, 11) is 0. The van der Waals surface area contributed by atoms with Gasteiger partial charge in [0.1, 0.15) is 5.75 Å². The number of hydrogen-bond donors (Lipinski definition) is 0. The first-order valence-corrected chi connectivity index (χ1v) is 3.43. The highest BCUT2D eigenvalue weighted by atomic mass is 19.4. The van der Waals surface area contributed by atoms with Crippen LogP contribution in [0.3, 0.4) is 0 Å². The maximum Gasteiger partial charge on any atom is 0.416 e. The van der Waals surface area contributed by atoms with Gasteiger partial charge in [0.05, 0.1) is 5.56 Å². The highest BCUT2D eigenvalue weighted by molar-refractivity contribution is 5.27. The standard InChI is InChI=1S/C8H4F5O/c9-7(10)14-6-3-1-5(2-4-6)8(11,12)13/h1-3,7H. The second-order valence-corrected chi connectivity index (χ2v) is 2.32. The molecule has 0 amide bonds. The molecule has 0 bridgehead atoms. The molecule has 0 unspecified atom stereocenters. The second kappa shape index (κ2) is 3.81. The van der Waals surface area contributed by atoms with Crippen LogP contribution in [-0.2, 0) is 6.18 Å². The molecule has 0 heterocycles. The van der Waals surface area contributed by atoms with Crippen LogP contribution in [0.25, 0.3) is 0 Å². The summed E-state index contributed by atoms with van der Waals surface area (Å²) in [5.74, 6) is -0.423. The van der Waals surface area contributed by atoms with Gasteiger partial charge in [-0.25, -0.2) is 0 Å². The predicted octanol–water partition coefficient (Wildman–Crippen LogP) is 3.11. The molecule has 0 spiro atoms. The molecule has 0 saturated heterocycles. The maximum atomic E-state index is 12.0. The maximum absolute atomic E-state index is 12.0. The Bertz CT molecular complexity index is 290. The lowest BCUT2D eigenvalue weighted by Crippen LogP contribution is -2.06. The molecule has 0 atom stereocenters. The number of benzene rings is 1. The zero-order chi connectivity index (χ0) is 10.8. The van der Waals surface area contributed by atoms with Crippen molar-refractivity contribution in [1.29, 1.82) is 0 Å². The molecule has 1 radical (unpaired) electrons. The Morgan fingerprint density at radius 2 is 1.86 bits per heavy atom. The van der Waals surface area contributed by atoms with Crippen LogP contribution in [0, 0.1) is 6.07 Å². The average molecular weight is 211 g/mol. The third-order valence-electron chi connectivity index (χ3n) is 1.33. The van der Waals surface area contributed by atoms with Crippen LogP contribution in [-0.4, -0.2) is 6.61 Å². The van der Waals surface area contributed by atoms with E-state index in [2.05, 4.69) is 4.74 Å². The van der Waals surface area contributed by atoms with Crippen molar-refractivity contribution < 1.29 is 26.7 Å². The van der Waals surface area contributed by atoms with Crippen molar-refractivity contribution in [3.63, 3.8) is 0 Å². The molecule has 0 fully saturated rings. The van der Waals surface area contributed by atoms with E-state index in [1.165, 1.54) is 0 Å². The molecule has 0 aliphatic rings. The Hall–Kier alpha value is -1.33. The molecular weight excluding hydrogens is 207 g/mol. The molecule has 1 rings (SSSR count). The summed E-state index contributed by atoms with van der Waals surface area (Å²) < 4.78 is 62.9. The van der Waals surface area contributed by atoms with Gasteiger partial charge in [0.25, 0.3) is 0 Å². The fourth-order valence-corrected chi connectivity index (χ4v) is 0.756. The molecular formula is C8H4F5O. The van der Waals surface area contributed by atoms with Crippen molar-refractivity contribution in [3.8, 4) is 5.75 Å². The summed E-state index contributed by atoms with van der Waals surface area (Å²) in [6.07, 6.45) is -4.50. The summed E-state index contributed by atoms with van der Waals surface area (Å²) in [6.45, 7) is -3.07. The first-order valence-electron chi connectivity index (χ1n) is 3.43. The number of halogens is 5. The third-order valence-corrected chi connectivity index (χ3v) is 1.33. The Morgan fingerprint density at radius 1 is 1.21 bits per heavy atom. The number of alkyl halides is 5. The highest BCUT2D eigenvalue weighted by Gasteiger charge is 2.30. The number of rotatable bonds is 2. The SMILES string of the molecule is FC(F)Oc1[c]cc(C(F)(F)F)cc1. The Kier molecular flexibility index (Phi) is 2.93. The van der Waals surface area contributed by atoms with Crippen LogP contribution in [0.5, 0.6) is 5.75 Å². The van der Waals surface area contributed by atoms with E-state index in [1.54, 1.807) is 0 Å². The van der Waals surface area contributed by atoms with Gasteiger partial charge >= 0.3 is 12.8 Å². The first kappa shape index (κ1) is 10.7. The minimum Gasteiger partial charge on any atom is -0.434 e. The molecule has 14 heavy (non-hydrogen) atoms. The molecule has 1 nitrogen and oxygen atoms in total. The molecule has 0 aliphatic heterocycles. The smallest absolute Gasteiger partial charge is 0.416 e. The topological polar surface area (TPSA) is 9.23 Å². The van der Waals surface area contributed by atoms with E-state index in [4.69, 9.17) is 0 Å². The van der Waals surface area contributed by atoms with E-state index in [0.29, 0.717) is 12.1 Å². The van der Waals surface area contributed by atoms with Gasteiger partial charge in [0, 0.05) is 6.07 Å². The minimum absolute atomic E-state index is 0.423. The molecule has 77 valence electrons. The number of ether oxygens (including phenoxy) is 1. The monoisotopic (exact) mass is 211 g/mol. The molecule has 6 heteroatoms. The van der Waals surface area contributed by atoms with Gasteiger partial charge in [-0.15, -0.1) is 0 Å². The number of hydrogen-bond acceptors (Lipinski definition) is 1. The zero-order valence-electron chi connectivity index (χ0n) is 6.61. The third kappa shape index (κ3) is 2.86. The van der Waals surface area contributed by atoms with Gasteiger partial charge in [0.2, 0.25) is 0 Å². The second-order valence-electron chi connectivity index (χ2n) is 2.32. The van der Waals surface area contributed by atoms with Gasteiger partial charge in [0.15, 0.2) is 0 Å². The predicted molar refractivity (Wildman–Crippen MR) is 36.9 cm³/mol. The lowest BCUT2D eigenvalue weighted by atomic mass is 10.2. The highest BCUT2D eigenvalue weighted by Crippen LogP contribution is 2.30. The molecule has 0 aromatic heterocycles. The Morgan fingerprint density at radius 3 is 2.21 bits per heavy atom. The largest absolute Gasteiger partial charge is 0.434 e. The van der Waals surface area contributed by atoms with Crippen LogP contribution in [0.2, 0.25) is 0 Å². The summed E-state index contributed by atoms with van der Waals surface area (Å²) in [6, 6.07) is 3.94. The summed E-state index contributed by atoms with van der Waals surface area (Å²) >= 11 is 0. The van der Waals surface area contributed by atoms with Crippen LogP contribution in [0.15, 0.2) is 18.2 Å². The van der Waals surface area contributed by atoms with Crippen molar-refractivity contribution in [2.75, 3.05) is 0 Å². The van der Waals surface area contributed by atoms with E-state index < -0.39 is 24.1 Å². The van der Waals surface area contributed by atoms with Gasteiger partial charge in [-0.2, -0.15) is 22.0 Å². The first-order chi connectivity index (χ1) is 6.39. The van der Waals surface area contributed by atoms with Gasteiger partial charge in [-0.3, -0.25) is 0 Å². The van der Waals surface area contributed by atoms with E-state index in [9.17, 15) is 22.0 Å². The van der Waals surface area contributed by atoms with Crippen LogP contribution < -0.4 is 4.74 Å². The van der Waals surface area contributed by atoms with Gasteiger partial charge < -0.3 is 4.74 Å². The van der Waals surface area contributed by atoms with Gasteiger partial charge in [-0.1, -0.05) is 0 Å². The van der Waals surface area contributed by atoms with Crippen LogP contribution in [0.4, 0.5) is 22.0 Å². The van der Waals surface area contributed by atoms with Crippen LogP contribution >= 0.6 is 0 Å². The molecule has 1 aromatic rings.